The van der Waals surface area contributed by atoms with Crippen LogP contribution in [0.3, 0.4) is 0 Å². The highest BCUT2D eigenvalue weighted by Crippen LogP contribution is 2.39. The van der Waals surface area contributed by atoms with Crippen LogP contribution in [-0.4, -0.2) is 94.0 Å². The van der Waals surface area contributed by atoms with E-state index in [0.717, 1.165) is 18.7 Å². The summed E-state index contributed by atoms with van der Waals surface area (Å²) in [6.07, 6.45) is 6.32. The Morgan fingerprint density at radius 2 is 1.62 bits per heavy atom. The van der Waals surface area contributed by atoms with E-state index < -0.39 is 10.0 Å². The van der Waals surface area contributed by atoms with E-state index in [1.807, 2.05) is 25.2 Å². The summed E-state index contributed by atoms with van der Waals surface area (Å²) in [7, 11) is 0.348. The summed E-state index contributed by atoms with van der Waals surface area (Å²) in [6, 6.07) is 15.6. The Balaban J connectivity index is 0.000000385. The van der Waals surface area contributed by atoms with Crippen LogP contribution in [0.5, 0.6) is 0 Å². The minimum absolute atomic E-state index is 0. The molecule has 0 unspecified atom stereocenters. The van der Waals surface area contributed by atoms with Gasteiger partial charge >= 0.3 is 0 Å². The van der Waals surface area contributed by atoms with Crippen LogP contribution in [0.15, 0.2) is 54.6 Å². The summed E-state index contributed by atoms with van der Waals surface area (Å²) in [5.41, 5.74) is 1.83. The Hall–Kier alpha value is -2.82. The average Bonchev–Trinajstić information content (AvgIpc) is 3.78. The van der Waals surface area contributed by atoms with Crippen molar-refractivity contribution in [1.82, 2.24) is 19.4 Å². The normalized spacial score (nSPS) is 15.4. The maximum atomic E-state index is 12.4. The summed E-state index contributed by atoms with van der Waals surface area (Å²) >= 11 is 0. The number of halogens is 1. The average molecular weight is 565 g/mol. The molecular weight excluding hydrogens is 519 g/mol. The molecule has 1 saturated carbocycles. The van der Waals surface area contributed by atoms with Gasteiger partial charge in [0.05, 0.1) is 12.8 Å². The summed E-state index contributed by atoms with van der Waals surface area (Å²) in [6.45, 7) is 4.61. The highest BCUT2D eigenvalue weighted by atomic mass is 32.2. The van der Waals surface area contributed by atoms with Gasteiger partial charge in [0.2, 0.25) is 15.9 Å². The topological polar surface area (TPSA) is 90.0 Å². The van der Waals surface area contributed by atoms with E-state index in [1.54, 1.807) is 36.2 Å². The van der Waals surface area contributed by atoms with Gasteiger partial charge in [0.15, 0.2) is 0 Å². The van der Waals surface area contributed by atoms with Crippen molar-refractivity contribution < 1.29 is 23.8 Å². The molecule has 0 aromatic heterocycles. The van der Waals surface area contributed by atoms with Gasteiger partial charge in [-0.05, 0) is 68.6 Å². The third kappa shape index (κ3) is 11.8. The molecule has 0 bridgehead atoms. The lowest BCUT2D eigenvalue weighted by atomic mass is 10.1. The van der Waals surface area contributed by atoms with Crippen LogP contribution < -0.4 is 5.32 Å². The predicted molar refractivity (Wildman–Crippen MR) is 156 cm³/mol. The smallest absolute Gasteiger partial charge is 0.254 e. The molecule has 0 atom stereocenters. The zero-order valence-electron chi connectivity index (χ0n) is 23.6. The van der Waals surface area contributed by atoms with Crippen molar-refractivity contribution in [2.75, 3.05) is 59.6 Å². The molecule has 8 nitrogen and oxygen atoms in total. The number of amides is 2. The monoisotopic (exact) mass is 564 g/mol. The summed E-state index contributed by atoms with van der Waals surface area (Å²) < 4.78 is 36.6. The lowest BCUT2D eigenvalue weighted by Crippen LogP contribution is -2.52. The van der Waals surface area contributed by atoms with Gasteiger partial charge in [-0.15, -0.1) is 0 Å². The van der Waals surface area contributed by atoms with Crippen molar-refractivity contribution in [2.45, 2.75) is 38.5 Å². The summed E-state index contributed by atoms with van der Waals surface area (Å²) in [5.74, 6) is 0.212. The number of benzene rings is 2. The number of nitrogens with one attached hydrogen (secondary N) is 1. The third-order valence-corrected chi connectivity index (χ3v) is 7.80. The first-order valence-electron chi connectivity index (χ1n) is 13.5. The van der Waals surface area contributed by atoms with Crippen molar-refractivity contribution in [3.8, 4) is 0 Å². The van der Waals surface area contributed by atoms with E-state index in [9.17, 15) is 22.4 Å². The Bertz CT molecular complexity index is 1120. The summed E-state index contributed by atoms with van der Waals surface area (Å²) in [5, 5.41) is 3.07. The molecule has 39 heavy (non-hydrogen) atoms. The molecular formula is C29H45FN4O4S. The maximum Gasteiger partial charge on any atom is 0.254 e. The van der Waals surface area contributed by atoms with Gasteiger partial charge in [-0.3, -0.25) is 9.59 Å². The largest absolute Gasteiger partial charge is 0.339 e. The zero-order valence-corrected chi connectivity index (χ0v) is 24.4. The molecule has 1 aliphatic carbocycles. The molecule has 1 N–H and O–H groups in total. The van der Waals surface area contributed by atoms with Crippen molar-refractivity contribution in [2.24, 2.45) is 0 Å². The van der Waals surface area contributed by atoms with Crippen LogP contribution in [0, 0.1) is 5.82 Å². The SMILES string of the molecule is CCCCNC.CN(CC(=O)N1CCN(S(C)(=O)=O)CC1)C(=O)c1ccccc1.Fc1ccc(C2CC2)cc1.[HH]. The van der Waals surface area contributed by atoms with Crippen LogP contribution in [0.1, 0.15) is 55.9 Å². The van der Waals surface area contributed by atoms with Crippen molar-refractivity contribution in [1.29, 1.82) is 0 Å². The van der Waals surface area contributed by atoms with Crippen LogP contribution in [0.25, 0.3) is 0 Å². The molecule has 1 saturated heterocycles. The molecule has 1 heterocycles. The Morgan fingerprint density at radius 1 is 1.03 bits per heavy atom. The number of likely N-dealkylation sites (N-methyl/N-ethyl adjacent to an activating group) is 1. The number of nitrogens with zero attached hydrogens (tertiary/aromatic N) is 3. The number of carbonyl (C=O) groups is 2. The lowest BCUT2D eigenvalue weighted by molar-refractivity contribution is -0.132. The quantitative estimate of drug-likeness (QED) is 0.493. The second-order valence-corrected chi connectivity index (χ2v) is 11.8. The molecule has 0 spiro atoms. The van der Waals surface area contributed by atoms with Gasteiger partial charge in [0.25, 0.3) is 5.91 Å². The van der Waals surface area contributed by atoms with Gasteiger partial charge in [-0.1, -0.05) is 43.7 Å². The molecule has 0 radical (unpaired) electrons. The molecule has 2 fully saturated rings. The van der Waals surface area contributed by atoms with Gasteiger partial charge in [-0.2, -0.15) is 4.31 Å². The predicted octanol–water partition coefficient (Wildman–Crippen LogP) is 3.82. The fourth-order valence-electron chi connectivity index (χ4n) is 3.95. The fourth-order valence-corrected chi connectivity index (χ4v) is 4.78. The van der Waals surface area contributed by atoms with Crippen LogP contribution in [-0.2, 0) is 14.8 Å². The minimum atomic E-state index is -3.22. The van der Waals surface area contributed by atoms with Gasteiger partial charge in [0.1, 0.15) is 5.82 Å². The Kier molecular flexibility index (Phi) is 13.6. The van der Waals surface area contributed by atoms with Crippen LogP contribution in [0.2, 0.25) is 0 Å². The first-order valence-corrected chi connectivity index (χ1v) is 15.3. The number of rotatable bonds is 8. The number of hydrogen-bond acceptors (Lipinski definition) is 5. The van der Waals surface area contributed by atoms with E-state index in [-0.39, 0.29) is 25.6 Å². The number of sulfonamides is 1. The minimum Gasteiger partial charge on any atom is -0.339 e. The second kappa shape index (κ2) is 16.3. The van der Waals surface area contributed by atoms with Gasteiger partial charge < -0.3 is 15.1 Å². The number of piperazine rings is 1. The van der Waals surface area contributed by atoms with E-state index in [2.05, 4.69) is 12.2 Å². The van der Waals surface area contributed by atoms with Crippen molar-refractivity contribution >= 4 is 21.8 Å². The number of unbranched alkanes of at least 4 members (excludes halogenated alkanes) is 1. The van der Waals surface area contributed by atoms with Gasteiger partial charge in [0, 0.05) is 40.2 Å². The molecule has 2 aliphatic rings. The Morgan fingerprint density at radius 3 is 2.08 bits per heavy atom. The van der Waals surface area contributed by atoms with Crippen molar-refractivity contribution in [3.63, 3.8) is 0 Å². The highest BCUT2D eigenvalue weighted by molar-refractivity contribution is 7.88. The number of hydrogen-bond donors (Lipinski definition) is 1. The zero-order chi connectivity index (χ0) is 28.8. The Labute approximate surface area is 234 Å². The molecule has 2 amide bonds. The van der Waals surface area contributed by atoms with E-state index in [4.69, 9.17) is 0 Å². The molecule has 10 heteroatoms. The highest BCUT2D eigenvalue weighted by Gasteiger charge is 2.27. The van der Waals surface area contributed by atoms with E-state index in [0.29, 0.717) is 31.7 Å². The second-order valence-electron chi connectivity index (χ2n) is 9.85. The van der Waals surface area contributed by atoms with E-state index >= 15 is 0 Å². The molecule has 1 aliphatic heterocycles. The molecule has 2 aromatic rings. The van der Waals surface area contributed by atoms with E-state index in [1.165, 1.54) is 52.6 Å². The first kappa shape index (κ1) is 32.4. The van der Waals surface area contributed by atoms with Crippen LogP contribution >= 0.6 is 0 Å². The third-order valence-electron chi connectivity index (χ3n) is 6.50. The van der Waals surface area contributed by atoms with Crippen LogP contribution in [0.4, 0.5) is 4.39 Å². The molecule has 2 aromatic carbocycles. The fraction of sp³-hybridized carbons (Fsp3) is 0.517. The first-order chi connectivity index (χ1) is 18.6. The standard InChI is InChI=1S/C15H21N3O4S.C9H9F.C5H13N.H2/c1-16(15(20)13-6-4-3-5-7-13)12-14(19)17-8-10-18(11-9-17)23(2,21)22;10-9-5-3-8(4-6-9)7-1-2-7;1-3-4-5-6-2;/h3-7H,8-12H2,1-2H3;3-7H,1-2H2;6H,3-5H2,1-2H3;1H. The van der Waals surface area contributed by atoms with Crippen molar-refractivity contribution in [3.05, 3.63) is 71.5 Å². The van der Waals surface area contributed by atoms with Gasteiger partial charge in [-0.25, -0.2) is 12.8 Å². The molecule has 4 rings (SSSR count). The lowest BCUT2D eigenvalue weighted by Gasteiger charge is -2.34. The maximum absolute atomic E-state index is 12.4. The molecule has 218 valence electrons. The number of carbonyl (C=O) groups excluding carboxylic acids is 2. The summed E-state index contributed by atoms with van der Waals surface area (Å²) in [4.78, 5) is 27.4.